The molecule has 0 N–H and O–H groups in total. The summed E-state index contributed by atoms with van der Waals surface area (Å²) in [5.41, 5.74) is 1.98. The van der Waals surface area contributed by atoms with Crippen molar-refractivity contribution in [2.24, 2.45) is 0 Å². The van der Waals surface area contributed by atoms with Crippen LogP contribution in [-0.4, -0.2) is 17.1 Å². The molecule has 3 nitrogen and oxygen atoms in total. The minimum absolute atomic E-state index is 0.443. The van der Waals surface area contributed by atoms with Gasteiger partial charge in [0.2, 0.25) is 0 Å². The lowest BCUT2D eigenvalue weighted by Crippen LogP contribution is -1.91. The largest absolute Gasteiger partial charge is 0.496 e. The molecular formula is C12H11ClN2O. The van der Waals surface area contributed by atoms with Crippen molar-refractivity contribution >= 4 is 11.6 Å². The van der Waals surface area contributed by atoms with Crippen LogP contribution in [-0.2, 0) is 0 Å². The molecule has 0 spiro atoms. The summed E-state index contributed by atoms with van der Waals surface area (Å²) in [6.45, 7) is 1.98. The maximum atomic E-state index is 5.82. The van der Waals surface area contributed by atoms with E-state index in [1.54, 1.807) is 19.4 Å². The molecular weight excluding hydrogens is 224 g/mol. The van der Waals surface area contributed by atoms with Gasteiger partial charge in [0.05, 0.1) is 7.11 Å². The fourth-order valence-corrected chi connectivity index (χ4v) is 1.63. The van der Waals surface area contributed by atoms with E-state index < -0.39 is 0 Å². The molecule has 2 rings (SSSR count). The summed E-state index contributed by atoms with van der Waals surface area (Å²) in [6.07, 6.45) is 1.64. The van der Waals surface area contributed by atoms with E-state index in [-0.39, 0.29) is 0 Å². The smallest absolute Gasteiger partial charge is 0.160 e. The zero-order valence-electron chi connectivity index (χ0n) is 9.07. The van der Waals surface area contributed by atoms with Crippen LogP contribution in [0.3, 0.4) is 0 Å². The summed E-state index contributed by atoms with van der Waals surface area (Å²) in [7, 11) is 1.65. The van der Waals surface area contributed by atoms with Crippen LogP contribution in [0.15, 0.2) is 30.5 Å². The Hall–Kier alpha value is -1.61. The highest BCUT2D eigenvalue weighted by Gasteiger charge is 2.04. The summed E-state index contributed by atoms with van der Waals surface area (Å²) < 4.78 is 5.19. The average Bonchev–Trinajstić information content (AvgIpc) is 2.29. The molecule has 0 aliphatic carbocycles. The van der Waals surface area contributed by atoms with Crippen LogP contribution in [0.25, 0.3) is 11.4 Å². The number of ether oxygens (including phenoxy) is 1. The third-order valence-electron chi connectivity index (χ3n) is 2.27. The molecule has 16 heavy (non-hydrogen) atoms. The van der Waals surface area contributed by atoms with Crippen LogP contribution >= 0.6 is 11.6 Å². The van der Waals surface area contributed by atoms with Crippen LogP contribution in [0.2, 0.25) is 5.15 Å². The normalized spacial score (nSPS) is 10.2. The first kappa shape index (κ1) is 10.9. The Labute approximate surface area is 99.1 Å². The van der Waals surface area contributed by atoms with Crippen molar-refractivity contribution in [3.8, 4) is 17.1 Å². The molecule has 1 aromatic heterocycles. The Morgan fingerprint density at radius 3 is 2.69 bits per heavy atom. The van der Waals surface area contributed by atoms with Crippen LogP contribution in [0.1, 0.15) is 5.56 Å². The standard InChI is InChI=1S/C12H11ClN2O/c1-8-7-9(3-4-10(8)16-2)12-14-6-5-11(13)15-12/h3-7H,1-2H3. The summed E-state index contributed by atoms with van der Waals surface area (Å²) in [4.78, 5) is 8.32. The molecule has 1 heterocycles. The first-order valence-corrected chi connectivity index (χ1v) is 5.22. The summed E-state index contributed by atoms with van der Waals surface area (Å²) in [5, 5.41) is 0.443. The van der Waals surface area contributed by atoms with Crippen molar-refractivity contribution in [3.05, 3.63) is 41.2 Å². The Morgan fingerprint density at radius 1 is 1.25 bits per heavy atom. The van der Waals surface area contributed by atoms with Gasteiger partial charge >= 0.3 is 0 Å². The van der Waals surface area contributed by atoms with Gasteiger partial charge in [-0.25, -0.2) is 9.97 Å². The van der Waals surface area contributed by atoms with Gasteiger partial charge < -0.3 is 4.74 Å². The average molecular weight is 235 g/mol. The SMILES string of the molecule is COc1ccc(-c2nccc(Cl)n2)cc1C. The predicted octanol–water partition coefficient (Wildman–Crippen LogP) is 3.11. The number of halogens is 1. The molecule has 1 aromatic carbocycles. The maximum absolute atomic E-state index is 5.82. The Kier molecular flexibility index (Phi) is 3.06. The minimum atomic E-state index is 0.443. The Morgan fingerprint density at radius 2 is 2.06 bits per heavy atom. The monoisotopic (exact) mass is 234 g/mol. The fraction of sp³-hybridized carbons (Fsp3) is 0.167. The third-order valence-corrected chi connectivity index (χ3v) is 2.49. The molecule has 0 bridgehead atoms. The second-order valence-electron chi connectivity index (χ2n) is 3.39. The van der Waals surface area contributed by atoms with Gasteiger partial charge in [-0.1, -0.05) is 11.6 Å². The van der Waals surface area contributed by atoms with Crippen LogP contribution in [0, 0.1) is 6.92 Å². The van der Waals surface area contributed by atoms with Gasteiger partial charge in [0, 0.05) is 11.8 Å². The van der Waals surface area contributed by atoms with E-state index in [2.05, 4.69) is 9.97 Å². The number of rotatable bonds is 2. The van der Waals surface area contributed by atoms with Crippen LogP contribution in [0.5, 0.6) is 5.75 Å². The van der Waals surface area contributed by atoms with Crippen molar-refractivity contribution < 1.29 is 4.74 Å². The molecule has 2 aromatic rings. The Balaban J connectivity index is 2.45. The fourth-order valence-electron chi connectivity index (χ4n) is 1.49. The van der Waals surface area contributed by atoms with Gasteiger partial charge in [0.15, 0.2) is 5.82 Å². The molecule has 82 valence electrons. The third kappa shape index (κ3) is 2.14. The lowest BCUT2D eigenvalue weighted by atomic mass is 10.1. The van der Waals surface area contributed by atoms with Crippen molar-refractivity contribution in [3.63, 3.8) is 0 Å². The molecule has 4 heteroatoms. The predicted molar refractivity (Wildman–Crippen MR) is 63.8 cm³/mol. The van der Waals surface area contributed by atoms with E-state index in [4.69, 9.17) is 16.3 Å². The quantitative estimate of drug-likeness (QED) is 0.749. The van der Waals surface area contributed by atoms with Crippen molar-refractivity contribution in [1.82, 2.24) is 9.97 Å². The maximum Gasteiger partial charge on any atom is 0.160 e. The number of hydrogen-bond donors (Lipinski definition) is 0. The zero-order valence-corrected chi connectivity index (χ0v) is 9.82. The van der Waals surface area contributed by atoms with E-state index in [9.17, 15) is 0 Å². The first-order chi connectivity index (χ1) is 7.70. The summed E-state index contributed by atoms with van der Waals surface area (Å²) in [5.74, 6) is 1.48. The zero-order chi connectivity index (χ0) is 11.5. The van der Waals surface area contributed by atoms with E-state index in [1.165, 1.54) is 0 Å². The van der Waals surface area contributed by atoms with E-state index in [1.807, 2.05) is 25.1 Å². The summed E-state index contributed by atoms with van der Waals surface area (Å²) >= 11 is 5.82. The molecule has 0 amide bonds. The van der Waals surface area contributed by atoms with Gasteiger partial charge in [0.1, 0.15) is 10.9 Å². The number of benzene rings is 1. The molecule has 0 unspecified atom stereocenters. The van der Waals surface area contributed by atoms with Gasteiger partial charge in [-0.15, -0.1) is 0 Å². The topological polar surface area (TPSA) is 35.0 Å². The Bertz CT molecular complexity index is 514. The van der Waals surface area contributed by atoms with Gasteiger partial charge in [-0.3, -0.25) is 0 Å². The van der Waals surface area contributed by atoms with E-state index in [0.29, 0.717) is 11.0 Å². The number of nitrogens with zero attached hydrogens (tertiary/aromatic N) is 2. The molecule has 0 atom stereocenters. The number of aryl methyl sites for hydroxylation is 1. The second kappa shape index (κ2) is 4.49. The molecule has 0 radical (unpaired) electrons. The highest BCUT2D eigenvalue weighted by Crippen LogP contribution is 2.24. The van der Waals surface area contributed by atoms with Gasteiger partial charge in [-0.2, -0.15) is 0 Å². The highest BCUT2D eigenvalue weighted by atomic mass is 35.5. The van der Waals surface area contributed by atoms with Crippen molar-refractivity contribution in [1.29, 1.82) is 0 Å². The van der Waals surface area contributed by atoms with Crippen LogP contribution in [0.4, 0.5) is 0 Å². The molecule has 0 aliphatic heterocycles. The van der Waals surface area contributed by atoms with Gasteiger partial charge in [0.25, 0.3) is 0 Å². The number of aromatic nitrogens is 2. The number of hydrogen-bond acceptors (Lipinski definition) is 3. The van der Waals surface area contributed by atoms with Crippen molar-refractivity contribution in [2.45, 2.75) is 6.92 Å². The molecule has 0 saturated carbocycles. The van der Waals surface area contributed by atoms with Crippen molar-refractivity contribution in [2.75, 3.05) is 7.11 Å². The molecule has 0 saturated heterocycles. The van der Waals surface area contributed by atoms with Gasteiger partial charge in [-0.05, 0) is 36.8 Å². The lowest BCUT2D eigenvalue weighted by Gasteiger charge is -2.06. The first-order valence-electron chi connectivity index (χ1n) is 4.84. The highest BCUT2D eigenvalue weighted by molar-refractivity contribution is 6.29. The molecule has 0 fully saturated rings. The van der Waals surface area contributed by atoms with Crippen LogP contribution < -0.4 is 4.74 Å². The molecule has 0 aliphatic rings. The number of methoxy groups -OCH3 is 1. The second-order valence-corrected chi connectivity index (χ2v) is 3.77. The lowest BCUT2D eigenvalue weighted by molar-refractivity contribution is 0.412. The summed E-state index contributed by atoms with van der Waals surface area (Å²) in [6, 6.07) is 7.44. The van der Waals surface area contributed by atoms with E-state index in [0.717, 1.165) is 16.9 Å². The minimum Gasteiger partial charge on any atom is -0.496 e. The van der Waals surface area contributed by atoms with E-state index >= 15 is 0 Å².